The lowest BCUT2D eigenvalue weighted by atomic mass is 10.2. The fourth-order valence-corrected chi connectivity index (χ4v) is 2.81. The number of nitrogens with zero attached hydrogens (tertiary/aromatic N) is 3. The van der Waals surface area contributed by atoms with Crippen molar-refractivity contribution in [3.63, 3.8) is 0 Å². The molecule has 1 aliphatic rings. The zero-order chi connectivity index (χ0) is 18.4. The fraction of sp³-hybridized carbons (Fsp3) is 0.316. The number of halogens is 1. The molecule has 1 fully saturated rings. The van der Waals surface area contributed by atoms with Gasteiger partial charge in [-0.2, -0.15) is 0 Å². The summed E-state index contributed by atoms with van der Waals surface area (Å²) in [5.41, 5.74) is 0.548. The third-order valence-corrected chi connectivity index (χ3v) is 4.22. The summed E-state index contributed by atoms with van der Waals surface area (Å²) in [7, 11) is 0. The van der Waals surface area contributed by atoms with Crippen molar-refractivity contribution in [1.82, 2.24) is 14.8 Å². The highest BCUT2D eigenvalue weighted by Crippen LogP contribution is 2.12. The second kappa shape index (κ2) is 8.42. The smallest absolute Gasteiger partial charge is 0.260 e. The Kier molecular flexibility index (Phi) is 5.78. The zero-order valence-electron chi connectivity index (χ0n) is 14.3. The van der Waals surface area contributed by atoms with Crippen LogP contribution < -0.4 is 4.74 Å². The molecule has 26 heavy (non-hydrogen) atoms. The van der Waals surface area contributed by atoms with Crippen LogP contribution in [0.1, 0.15) is 16.8 Å². The summed E-state index contributed by atoms with van der Waals surface area (Å²) in [6, 6.07) is 9.01. The van der Waals surface area contributed by atoms with Crippen LogP contribution in [0.15, 0.2) is 48.8 Å². The second-order valence-corrected chi connectivity index (χ2v) is 6.01. The molecular weight excluding hydrogens is 337 g/mol. The van der Waals surface area contributed by atoms with Crippen molar-refractivity contribution in [2.45, 2.75) is 6.42 Å². The number of hydrogen-bond acceptors (Lipinski definition) is 4. The molecule has 1 aromatic heterocycles. The molecule has 6 nitrogen and oxygen atoms in total. The van der Waals surface area contributed by atoms with Gasteiger partial charge in [-0.3, -0.25) is 14.6 Å². The van der Waals surface area contributed by atoms with Gasteiger partial charge >= 0.3 is 0 Å². The van der Waals surface area contributed by atoms with E-state index in [9.17, 15) is 14.0 Å². The molecule has 2 heterocycles. The van der Waals surface area contributed by atoms with Gasteiger partial charge < -0.3 is 14.5 Å². The average Bonchev–Trinajstić information content (AvgIpc) is 2.94. The molecule has 0 atom stereocenters. The molecule has 2 amide bonds. The molecule has 1 saturated heterocycles. The van der Waals surface area contributed by atoms with E-state index in [2.05, 4.69) is 4.98 Å². The van der Waals surface area contributed by atoms with Gasteiger partial charge in [0.25, 0.3) is 11.8 Å². The molecule has 3 rings (SSSR count). The van der Waals surface area contributed by atoms with Crippen molar-refractivity contribution in [2.75, 3.05) is 32.8 Å². The number of carbonyl (C=O) groups is 2. The maximum atomic E-state index is 12.9. The van der Waals surface area contributed by atoms with Gasteiger partial charge in [-0.1, -0.05) is 0 Å². The summed E-state index contributed by atoms with van der Waals surface area (Å²) in [6.07, 6.45) is 3.88. The van der Waals surface area contributed by atoms with Crippen LogP contribution in [0.2, 0.25) is 0 Å². The van der Waals surface area contributed by atoms with Crippen molar-refractivity contribution in [3.05, 3.63) is 60.2 Å². The Balaban J connectivity index is 1.52. The highest BCUT2D eigenvalue weighted by Gasteiger charge is 2.23. The van der Waals surface area contributed by atoms with E-state index in [0.29, 0.717) is 43.9 Å². The Morgan fingerprint density at radius 2 is 1.77 bits per heavy atom. The van der Waals surface area contributed by atoms with Crippen molar-refractivity contribution < 1.29 is 18.7 Å². The number of ether oxygens (including phenoxy) is 1. The third-order valence-electron chi connectivity index (χ3n) is 4.22. The van der Waals surface area contributed by atoms with Crippen LogP contribution in [0.3, 0.4) is 0 Å². The predicted octanol–water partition coefficient (Wildman–Crippen LogP) is 1.97. The van der Waals surface area contributed by atoms with Gasteiger partial charge in [0.1, 0.15) is 11.6 Å². The van der Waals surface area contributed by atoms with E-state index in [0.717, 1.165) is 0 Å². The minimum atomic E-state index is -0.352. The number of pyridine rings is 1. The molecule has 0 unspecified atom stereocenters. The van der Waals surface area contributed by atoms with Gasteiger partial charge in [0, 0.05) is 38.6 Å². The molecule has 2 aromatic rings. The number of amides is 2. The lowest BCUT2D eigenvalue weighted by Crippen LogP contribution is -2.39. The molecule has 0 radical (unpaired) electrons. The van der Waals surface area contributed by atoms with Crippen LogP contribution in [0.4, 0.5) is 4.39 Å². The zero-order valence-corrected chi connectivity index (χ0v) is 14.3. The van der Waals surface area contributed by atoms with Gasteiger partial charge in [-0.25, -0.2) is 4.39 Å². The van der Waals surface area contributed by atoms with Crippen LogP contribution in [0.5, 0.6) is 5.75 Å². The van der Waals surface area contributed by atoms with E-state index in [1.165, 1.54) is 24.3 Å². The van der Waals surface area contributed by atoms with Crippen LogP contribution in [0.25, 0.3) is 0 Å². The van der Waals surface area contributed by atoms with E-state index in [1.54, 1.807) is 34.3 Å². The quantitative estimate of drug-likeness (QED) is 0.839. The third kappa shape index (κ3) is 4.56. The van der Waals surface area contributed by atoms with Crippen molar-refractivity contribution in [3.8, 4) is 5.75 Å². The van der Waals surface area contributed by atoms with Gasteiger partial charge in [0.15, 0.2) is 6.61 Å². The summed E-state index contributed by atoms with van der Waals surface area (Å²) in [4.78, 5) is 32.3. The summed E-state index contributed by atoms with van der Waals surface area (Å²) < 4.78 is 18.3. The van der Waals surface area contributed by atoms with Crippen molar-refractivity contribution in [2.24, 2.45) is 0 Å². The SMILES string of the molecule is O=C(COc1ccc(F)cc1)N1CCCN(C(=O)c2cccnc2)CC1. The highest BCUT2D eigenvalue weighted by atomic mass is 19.1. The fourth-order valence-electron chi connectivity index (χ4n) is 2.81. The van der Waals surface area contributed by atoms with Gasteiger partial charge in [0.05, 0.1) is 5.56 Å². The van der Waals surface area contributed by atoms with E-state index in [4.69, 9.17) is 4.74 Å². The van der Waals surface area contributed by atoms with Crippen molar-refractivity contribution >= 4 is 11.8 Å². The summed E-state index contributed by atoms with van der Waals surface area (Å²) in [5, 5.41) is 0. The summed E-state index contributed by atoms with van der Waals surface area (Å²) >= 11 is 0. The first kappa shape index (κ1) is 17.8. The maximum absolute atomic E-state index is 12.9. The second-order valence-electron chi connectivity index (χ2n) is 6.01. The van der Waals surface area contributed by atoms with E-state index < -0.39 is 0 Å². The average molecular weight is 357 g/mol. The number of rotatable bonds is 4. The largest absolute Gasteiger partial charge is 0.484 e. The minimum absolute atomic E-state index is 0.0741. The van der Waals surface area contributed by atoms with Gasteiger partial charge in [-0.15, -0.1) is 0 Å². The molecule has 136 valence electrons. The molecule has 0 bridgehead atoms. The molecule has 0 aliphatic carbocycles. The summed E-state index contributed by atoms with van der Waals surface area (Å²) in [6.45, 7) is 1.98. The Morgan fingerprint density at radius 3 is 2.50 bits per heavy atom. The van der Waals surface area contributed by atoms with E-state index in [1.807, 2.05) is 0 Å². The Morgan fingerprint density at radius 1 is 1.04 bits per heavy atom. The standard InChI is InChI=1S/C19H20FN3O3/c20-16-4-6-17(7-5-16)26-14-18(24)22-9-2-10-23(12-11-22)19(25)15-3-1-8-21-13-15/h1,3-8,13H,2,9-12,14H2. The number of aromatic nitrogens is 1. The lowest BCUT2D eigenvalue weighted by molar-refractivity contribution is -0.133. The first-order chi connectivity index (χ1) is 12.6. The molecule has 1 aromatic carbocycles. The number of hydrogen-bond donors (Lipinski definition) is 0. The number of carbonyl (C=O) groups excluding carboxylic acids is 2. The van der Waals surface area contributed by atoms with Gasteiger partial charge in [-0.05, 0) is 42.8 Å². The van der Waals surface area contributed by atoms with E-state index in [-0.39, 0.29) is 24.2 Å². The lowest BCUT2D eigenvalue weighted by Gasteiger charge is -2.22. The first-order valence-corrected chi connectivity index (χ1v) is 8.49. The molecule has 1 aliphatic heterocycles. The molecule has 0 N–H and O–H groups in total. The first-order valence-electron chi connectivity index (χ1n) is 8.49. The van der Waals surface area contributed by atoms with Crippen molar-refractivity contribution in [1.29, 1.82) is 0 Å². The molecule has 7 heteroatoms. The Bertz CT molecular complexity index is 752. The highest BCUT2D eigenvalue weighted by molar-refractivity contribution is 5.94. The topological polar surface area (TPSA) is 62.7 Å². The molecule has 0 spiro atoms. The molecule has 0 saturated carbocycles. The number of benzene rings is 1. The van der Waals surface area contributed by atoms with Crippen LogP contribution >= 0.6 is 0 Å². The van der Waals surface area contributed by atoms with Crippen LogP contribution in [0, 0.1) is 5.82 Å². The van der Waals surface area contributed by atoms with Crippen LogP contribution in [-0.4, -0.2) is 59.4 Å². The van der Waals surface area contributed by atoms with Gasteiger partial charge in [0.2, 0.25) is 0 Å². The normalized spacial score (nSPS) is 14.7. The van der Waals surface area contributed by atoms with E-state index >= 15 is 0 Å². The Labute approximate surface area is 151 Å². The predicted molar refractivity (Wildman–Crippen MR) is 93.2 cm³/mol. The van der Waals surface area contributed by atoms with Crippen LogP contribution in [-0.2, 0) is 4.79 Å². The molecular formula is C19H20FN3O3. The summed E-state index contributed by atoms with van der Waals surface area (Å²) in [5.74, 6) is -0.127. The minimum Gasteiger partial charge on any atom is -0.484 e. The monoisotopic (exact) mass is 357 g/mol. The maximum Gasteiger partial charge on any atom is 0.260 e. The Hall–Kier alpha value is -2.96.